The number of hydrogen-bond donors (Lipinski definition) is 1. The molecule has 0 aliphatic rings. The average molecular weight is 244 g/mol. The van der Waals surface area contributed by atoms with Crippen molar-refractivity contribution in [3.8, 4) is 0 Å². The molecule has 0 saturated carbocycles. The summed E-state index contributed by atoms with van der Waals surface area (Å²) >= 11 is 0. The normalized spacial score (nSPS) is 11.8. The molecular weight excluding hydrogens is 228 g/mol. The molecule has 0 aliphatic heterocycles. The van der Waals surface area contributed by atoms with Crippen LogP contribution in [0.3, 0.4) is 0 Å². The predicted molar refractivity (Wildman–Crippen MR) is 57.3 cm³/mol. The fourth-order valence-electron chi connectivity index (χ4n) is 1.28. The summed E-state index contributed by atoms with van der Waals surface area (Å²) in [6, 6.07) is 0. The Morgan fingerprint density at radius 2 is 1.29 bits per heavy atom. The van der Waals surface area contributed by atoms with Gasteiger partial charge in [0.15, 0.2) is 11.6 Å². The lowest BCUT2D eigenvalue weighted by Gasteiger charge is -2.27. The van der Waals surface area contributed by atoms with Gasteiger partial charge in [-0.2, -0.15) is 0 Å². The maximum absolute atomic E-state index is 11.8. The highest BCUT2D eigenvalue weighted by molar-refractivity contribution is 6.34. The number of carbonyl (C=O) groups is 4. The van der Waals surface area contributed by atoms with E-state index in [0.717, 1.165) is 13.8 Å². The van der Waals surface area contributed by atoms with Crippen molar-refractivity contribution in [2.45, 2.75) is 40.2 Å². The molecule has 0 radical (unpaired) electrons. The number of ether oxygens (including phenoxy) is 1. The van der Waals surface area contributed by atoms with Crippen LogP contribution in [0.5, 0.6) is 0 Å². The maximum atomic E-state index is 11.8. The Bertz CT molecular complexity index is 338. The molecule has 0 aliphatic carbocycles. The molecule has 0 spiro atoms. The molecule has 0 amide bonds. The Hall–Kier alpha value is -1.72. The van der Waals surface area contributed by atoms with Crippen LogP contribution in [-0.2, 0) is 23.9 Å². The molecular formula is C11H16O6. The summed E-state index contributed by atoms with van der Waals surface area (Å²) in [6.07, 6.45) is 0. The monoisotopic (exact) mass is 244 g/mol. The number of rotatable bonds is 4. The molecule has 6 heteroatoms. The molecule has 0 heterocycles. The van der Waals surface area contributed by atoms with E-state index < -0.39 is 34.5 Å². The van der Waals surface area contributed by atoms with E-state index >= 15 is 0 Å². The standard InChI is InChI=1S/C11H16O6/c1-6(12)11(7(2)13,8(14)15)9(16)17-10(3,4)5/h1-5H3,(H,14,15). The first-order valence-corrected chi connectivity index (χ1v) is 4.95. The van der Waals surface area contributed by atoms with Gasteiger partial charge in [-0.3, -0.25) is 14.4 Å². The van der Waals surface area contributed by atoms with Gasteiger partial charge in [0.05, 0.1) is 0 Å². The van der Waals surface area contributed by atoms with Crippen molar-refractivity contribution in [2.24, 2.45) is 5.41 Å². The van der Waals surface area contributed by atoms with E-state index in [4.69, 9.17) is 9.84 Å². The molecule has 0 aromatic heterocycles. The van der Waals surface area contributed by atoms with Crippen molar-refractivity contribution in [1.82, 2.24) is 0 Å². The highest BCUT2D eigenvalue weighted by Crippen LogP contribution is 2.25. The lowest BCUT2D eigenvalue weighted by atomic mass is 9.80. The third kappa shape index (κ3) is 2.89. The minimum atomic E-state index is -2.76. The van der Waals surface area contributed by atoms with Crippen LogP contribution in [0.4, 0.5) is 0 Å². The van der Waals surface area contributed by atoms with Gasteiger partial charge in [-0.05, 0) is 34.6 Å². The number of aliphatic carboxylic acids is 1. The number of carboxylic acid groups (broad SMARTS) is 1. The van der Waals surface area contributed by atoms with Gasteiger partial charge in [0.25, 0.3) is 5.41 Å². The van der Waals surface area contributed by atoms with Crippen molar-refractivity contribution in [2.75, 3.05) is 0 Å². The van der Waals surface area contributed by atoms with E-state index in [1.54, 1.807) is 0 Å². The number of carboxylic acids is 1. The van der Waals surface area contributed by atoms with Gasteiger partial charge >= 0.3 is 11.9 Å². The SMILES string of the molecule is CC(=O)C(C(C)=O)(C(=O)O)C(=O)OC(C)(C)C. The second kappa shape index (κ2) is 4.65. The summed E-state index contributed by atoms with van der Waals surface area (Å²) in [7, 11) is 0. The number of hydrogen-bond acceptors (Lipinski definition) is 5. The quantitative estimate of drug-likeness (QED) is 0.573. The van der Waals surface area contributed by atoms with Crippen molar-refractivity contribution in [3.63, 3.8) is 0 Å². The molecule has 1 N–H and O–H groups in total. The van der Waals surface area contributed by atoms with E-state index in [2.05, 4.69) is 0 Å². The minimum Gasteiger partial charge on any atom is -0.480 e. The van der Waals surface area contributed by atoms with E-state index in [9.17, 15) is 19.2 Å². The molecule has 0 rings (SSSR count). The van der Waals surface area contributed by atoms with Crippen LogP contribution in [0.15, 0.2) is 0 Å². The van der Waals surface area contributed by atoms with Gasteiger partial charge in [-0.1, -0.05) is 0 Å². The third-order valence-corrected chi connectivity index (χ3v) is 2.08. The Labute approximate surface area is 98.9 Å². The molecule has 6 nitrogen and oxygen atoms in total. The number of Topliss-reactive ketones (excluding diaryl/α,β-unsaturated/α-hetero) is 2. The van der Waals surface area contributed by atoms with E-state index in [1.807, 2.05) is 0 Å². The van der Waals surface area contributed by atoms with Crippen molar-refractivity contribution >= 4 is 23.5 Å². The zero-order chi connectivity index (χ0) is 14.0. The summed E-state index contributed by atoms with van der Waals surface area (Å²) in [5, 5.41) is 8.99. The molecule has 0 bridgehead atoms. The number of esters is 1. The molecule has 96 valence electrons. The first kappa shape index (κ1) is 15.3. The van der Waals surface area contributed by atoms with Crippen molar-refractivity contribution in [1.29, 1.82) is 0 Å². The van der Waals surface area contributed by atoms with Gasteiger partial charge in [0.2, 0.25) is 0 Å². The Morgan fingerprint density at radius 1 is 0.941 bits per heavy atom. The van der Waals surface area contributed by atoms with E-state index in [1.165, 1.54) is 20.8 Å². The smallest absolute Gasteiger partial charge is 0.339 e. The average Bonchev–Trinajstić information content (AvgIpc) is 1.97. The highest BCUT2D eigenvalue weighted by atomic mass is 16.6. The number of carbonyl (C=O) groups excluding carboxylic acids is 3. The zero-order valence-corrected chi connectivity index (χ0v) is 10.5. The van der Waals surface area contributed by atoms with Crippen LogP contribution in [0.25, 0.3) is 0 Å². The second-order valence-electron chi connectivity index (χ2n) is 4.67. The molecule has 0 unspecified atom stereocenters. The molecule has 0 atom stereocenters. The Balaban J connectivity index is 5.64. The van der Waals surface area contributed by atoms with Crippen LogP contribution in [0.1, 0.15) is 34.6 Å². The minimum absolute atomic E-state index is 0.874. The number of ketones is 2. The van der Waals surface area contributed by atoms with Crippen LogP contribution >= 0.6 is 0 Å². The fourth-order valence-corrected chi connectivity index (χ4v) is 1.28. The first-order chi connectivity index (χ1) is 7.46. The molecule has 0 saturated heterocycles. The molecule has 17 heavy (non-hydrogen) atoms. The van der Waals surface area contributed by atoms with Crippen LogP contribution in [0.2, 0.25) is 0 Å². The van der Waals surface area contributed by atoms with Gasteiger partial charge in [-0.15, -0.1) is 0 Å². The lowest BCUT2D eigenvalue weighted by molar-refractivity contribution is -0.179. The van der Waals surface area contributed by atoms with Crippen molar-refractivity contribution in [3.05, 3.63) is 0 Å². The summed E-state index contributed by atoms with van der Waals surface area (Å²) in [5.74, 6) is -5.29. The van der Waals surface area contributed by atoms with Crippen LogP contribution in [-0.4, -0.2) is 34.2 Å². The lowest BCUT2D eigenvalue weighted by Crippen LogP contribution is -2.53. The molecule has 0 aromatic carbocycles. The zero-order valence-electron chi connectivity index (χ0n) is 10.5. The summed E-state index contributed by atoms with van der Waals surface area (Å²) in [4.78, 5) is 45.6. The van der Waals surface area contributed by atoms with Crippen LogP contribution < -0.4 is 0 Å². The van der Waals surface area contributed by atoms with Crippen molar-refractivity contribution < 1.29 is 29.0 Å². The van der Waals surface area contributed by atoms with Gasteiger partial charge in [0.1, 0.15) is 5.60 Å². The molecule has 0 fully saturated rings. The second-order valence-corrected chi connectivity index (χ2v) is 4.67. The third-order valence-electron chi connectivity index (χ3n) is 2.08. The first-order valence-electron chi connectivity index (χ1n) is 4.95. The summed E-state index contributed by atoms with van der Waals surface area (Å²) in [6.45, 7) is 6.28. The summed E-state index contributed by atoms with van der Waals surface area (Å²) < 4.78 is 4.83. The highest BCUT2D eigenvalue weighted by Gasteiger charge is 2.57. The van der Waals surface area contributed by atoms with E-state index in [0.29, 0.717) is 0 Å². The Morgan fingerprint density at radius 3 is 1.47 bits per heavy atom. The fraction of sp³-hybridized carbons (Fsp3) is 0.636. The topological polar surface area (TPSA) is 97.7 Å². The predicted octanol–water partition coefficient (Wildman–Crippen LogP) is 0.577. The van der Waals surface area contributed by atoms with E-state index in [-0.39, 0.29) is 0 Å². The Kier molecular flexibility index (Phi) is 4.18. The van der Waals surface area contributed by atoms with Gasteiger partial charge < -0.3 is 9.84 Å². The van der Waals surface area contributed by atoms with Gasteiger partial charge in [-0.25, -0.2) is 4.79 Å². The molecule has 0 aromatic rings. The summed E-state index contributed by atoms with van der Waals surface area (Å²) in [5.41, 5.74) is -3.74. The largest absolute Gasteiger partial charge is 0.480 e. The maximum Gasteiger partial charge on any atom is 0.339 e. The van der Waals surface area contributed by atoms with Gasteiger partial charge in [0, 0.05) is 0 Å². The van der Waals surface area contributed by atoms with Crippen LogP contribution in [0, 0.1) is 5.41 Å².